The fraction of sp³-hybridized carbons (Fsp3) is 0.647. The molecule has 3 rings (SSSR count). The molecule has 0 heterocycles. The van der Waals surface area contributed by atoms with Gasteiger partial charge in [-0.3, -0.25) is 0 Å². The van der Waals surface area contributed by atoms with Crippen molar-refractivity contribution in [2.75, 3.05) is 13.2 Å². The molecule has 1 fully saturated rings. The molecule has 1 atom stereocenters. The second-order valence-corrected chi connectivity index (χ2v) is 6.01. The Labute approximate surface area is 116 Å². The summed E-state index contributed by atoms with van der Waals surface area (Å²) in [6.45, 7) is 4.25. The standard InChI is InChI=1S/C17H25NO/c1-2-10-18-17-5-3-4-14-8-9-15(11-16(14)17)19-12-13-6-7-13/h8-9,11,13,17-18H,2-7,10,12H2,1H3. The predicted molar refractivity (Wildman–Crippen MR) is 78.6 cm³/mol. The van der Waals surface area contributed by atoms with Crippen LogP contribution in [-0.4, -0.2) is 13.2 Å². The molecule has 2 aliphatic rings. The minimum atomic E-state index is 0.535. The molecule has 0 bridgehead atoms. The molecule has 0 spiro atoms. The molecule has 0 radical (unpaired) electrons. The van der Waals surface area contributed by atoms with Crippen LogP contribution in [0.1, 0.15) is 56.2 Å². The highest BCUT2D eigenvalue weighted by atomic mass is 16.5. The number of fused-ring (bicyclic) bond motifs is 1. The van der Waals surface area contributed by atoms with Gasteiger partial charge in [-0.1, -0.05) is 13.0 Å². The van der Waals surface area contributed by atoms with E-state index in [1.807, 2.05) is 0 Å². The first-order valence-electron chi connectivity index (χ1n) is 7.86. The van der Waals surface area contributed by atoms with Crippen molar-refractivity contribution in [1.82, 2.24) is 5.32 Å². The second kappa shape index (κ2) is 5.96. The first-order chi connectivity index (χ1) is 9.36. The fourth-order valence-corrected chi connectivity index (χ4v) is 2.90. The summed E-state index contributed by atoms with van der Waals surface area (Å²) < 4.78 is 5.92. The van der Waals surface area contributed by atoms with Crippen LogP contribution in [0.25, 0.3) is 0 Å². The summed E-state index contributed by atoms with van der Waals surface area (Å²) in [6.07, 6.45) is 7.69. The molecule has 2 heteroatoms. The lowest BCUT2D eigenvalue weighted by molar-refractivity contribution is 0.298. The van der Waals surface area contributed by atoms with Crippen molar-refractivity contribution >= 4 is 0 Å². The third kappa shape index (κ3) is 3.30. The van der Waals surface area contributed by atoms with Crippen molar-refractivity contribution in [1.29, 1.82) is 0 Å². The summed E-state index contributed by atoms with van der Waals surface area (Å²) in [5, 5.41) is 3.68. The smallest absolute Gasteiger partial charge is 0.119 e. The highest BCUT2D eigenvalue weighted by Gasteiger charge is 2.23. The molecule has 1 N–H and O–H groups in total. The van der Waals surface area contributed by atoms with Crippen LogP contribution in [-0.2, 0) is 6.42 Å². The molecule has 0 saturated heterocycles. The van der Waals surface area contributed by atoms with Gasteiger partial charge in [-0.25, -0.2) is 0 Å². The van der Waals surface area contributed by atoms with Gasteiger partial charge in [0.25, 0.3) is 0 Å². The van der Waals surface area contributed by atoms with Crippen molar-refractivity contribution in [2.45, 2.75) is 51.5 Å². The maximum absolute atomic E-state index is 5.92. The van der Waals surface area contributed by atoms with E-state index >= 15 is 0 Å². The largest absolute Gasteiger partial charge is 0.493 e. The molecule has 0 amide bonds. The van der Waals surface area contributed by atoms with E-state index in [2.05, 4.69) is 30.4 Å². The summed E-state index contributed by atoms with van der Waals surface area (Å²) in [5.41, 5.74) is 2.99. The third-order valence-corrected chi connectivity index (χ3v) is 4.26. The molecule has 1 unspecified atom stereocenters. The Morgan fingerprint density at radius 1 is 1.26 bits per heavy atom. The Kier molecular flexibility index (Phi) is 4.07. The second-order valence-electron chi connectivity index (χ2n) is 6.01. The molecule has 1 aromatic rings. The van der Waals surface area contributed by atoms with E-state index in [1.54, 1.807) is 0 Å². The normalized spacial score (nSPS) is 22.1. The maximum atomic E-state index is 5.92. The van der Waals surface area contributed by atoms with Gasteiger partial charge < -0.3 is 10.1 Å². The summed E-state index contributed by atoms with van der Waals surface area (Å²) >= 11 is 0. The maximum Gasteiger partial charge on any atom is 0.119 e. The molecule has 0 aromatic heterocycles. The number of ether oxygens (including phenoxy) is 1. The van der Waals surface area contributed by atoms with E-state index in [9.17, 15) is 0 Å². The zero-order valence-electron chi connectivity index (χ0n) is 12.0. The molecule has 2 nitrogen and oxygen atoms in total. The Balaban J connectivity index is 1.71. The van der Waals surface area contributed by atoms with Crippen LogP contribution in [0.4, 0.5) is 0 Å². The Morgan fingerprint density at radius 2 is 2.16 bits per heavy atom. The topological polar surface area (TPSA) is 21.3 Å². The molecule has 1 saturated carbocycles. The van der Waals surface area contributed by atoms with Gasteiger partial charge >= 0.3 is 0 Å². The molecule has 19 heavy (non-hydrogen) atoms. The van der Waals surface area contributed by atoms with Gasteiger partial charge in [0, 0.05) is 6.04 Å². The molecule has 1 aromatic carbocycles. The number of hydrogen-bond acceptors (Lipinski definition) is 2. The van der Waals surface area contributed by atoms with E-state index < -0.39 is 0 Å². The van der Waals surface area contributed by atoms with Crippen LogP contribution >= 0.6 is 0 Å². The van der Waals surface area contributed by atoms with E-state index in [0.717, 1.165) is 24.8 Å². The third-order valence-electron chi connectivity index (χ3n) is 4.26. The van der Waals surface area contributed by atoms with Gasteiger partial charge in [0.2, 0.25) is 0 Å². The van der Waals surface area contributed by atoms with Crippen LogP contribution in [0.2, 0.25) is 0 Å². The van der Waals surface area contributed by atoms with Crippen LogP contribution in [0.15, 0.2) is 18.2 Å². The van der Waals surface area contributed by atoms with E-state index in [1.165, 1.54) is 49.7 Å². The summed E-state index contributed by atoms with van der Waals surface area (Å²) in [6, 6.07) is 7.25. The first-order valence-corrected chi connectivity index (χ1v) is 7.86. The molecule has 0 aliphatic heterocycles. The average Bonchev–Trinajstić information content (AvgIpc) is 3.27. The van der Waals surface area contributed by atoms with Crippen LogP contribution < -0.4 is 10.1 Å². The SMILES string of the molecule is CCCNC1CCCc2ccc(OCC3CC3)cc21. The quantitative estimate of drug-likeness (QED) is 0.837. The monoisotopic (exact) mass is 259 g/mol. The molecule has 104 valence electrons. The average molecular weight is 259 g/mol. The molecular formula is C17H25NO. The van der Waals surface area contributed by atoms with Crippen molar-refractivity contribution < 1.29 is 4.74 Å². The van der Waals surface area contributed by atoms with Gasteiger partial charge in [0.05, 0.1) is 6.61 Å². The first kappa shape index (κ1) is 13.0. The highest BCUT2D eigenvalue weighted by Crippen LogP contribution is 2.34. The number of hydrogen-bond donors (Lipinski definition) is 1. The van der Waals surface area contributed by atoms with Crippen LogP contribution in [0, 0.1) is 5.92 Å². The zero-order valence-corrected chi connectivity index (χ0v) is 12.0. The van der Waals surface area contributed by atoms with Crippen molar-refractivity contribution in [2.24, 2.45) is 5.92 Å². The lowest BCUT2D eigenvalue weighted by Crippen LogP contribution is -2.25. The lowest BCUT2D eigenvalue weighted by atomic mass is 9.87. The molecule has 2 aliphatic carbocycles. The van der Waals surface area contributed by atoms with Crippen LogP contribution in [0.5, 0.6) is 5.75 Å². The number of benzene rings is 1. The van der Waals surface area contributed by atoms with E-state index in [0.29, 0.717) is 6.04 Å². The van der Waals surface area contributed by atoms with Gasteiger partial charge in [-0.2, -0.15) is 0 Å². The number of nitrogens with one attached hydrogen (secondary N) is 1. The van der Waals surface area contributed by atoms with Crippen molar-refractivity contribution in [3.8, 4) is 5.75 Å². The Bertz CT molecular complexity index is 425. The van der Waals surface area contributed by atoms with Gasteiger partial charge in [0.1, 0.15) is 5.75 Å². The van der Waals surface area contributed by atoms with Crippen LogP contribution in [0.3, 0.4) is 0 Å². The number of aryl methyl sites for hydroxylation is 1. The summed E-state index contributed by atoms with van der Waals surface area (Å²) in [7, 11) is 0. The highest BCUT2D eigenvalue weighted by molar-refractivity contribution is 5.39. The zero-order chi connectivity index (χ0) is 13.1. The molecular weight excluding hydrogens is 234 g/mol. The van der Waals surface area contributed by atoms with Gasteiger partial charge in [0.15, 0.2) is 0 Å². The predicted octanol–water partition coefficient (Wildman–Crippen LogP) is 3.85. The summed E-state index contributed by atoms with van der Waals surface area (Å²) in [4.78, 5) is 0. The minimum absolute atomic E-state index is 0.535. The van der Waals surface area contributed by atoms with Crippen molar-refractivity contribution in [3.63, 3.8) is 0 Å². The Hall–Kier alpha value is -1.02. The summed E-state index contributed by atoms with van der Waals surface area (Å²) in [5.74, 6) is 1.89. The number of rotatable bonds is 6. The minimum Gasteiger partial charge on any atom is -0.493 e. The lowest BCUT2D eigenvalue weighted by Gasteiger charge is -2.27. The van der Waals surface area contributed by atoms with Gasteiger partial charge in [-0.05, 0) is 74.2 Å². The van der Waals surface area contributed by atoms with E-state index in [4.69, 9.17) is 4.74 Å². The van der Waals surface area contributed by atoms with E-state index in [-0.39, 0.29) is 0 Å². The van der Waals surface area contributed by atoms with Crippen molar-refractivity contribution in [3.05, 3.63) is 29.3 Å². The van der Waals surface area contributed by atoms with Gasteiger partial charge in [-0.15, -0.1) is 0 Å². The fourth-order valence-electron chi connectivity index (χ4n) is 2.90. The Morgan fingerprint density at radius 3 is 2.95 bits per heavy atom.